The topological polar surface area (TPSA) is 52.6 Å². The lowest BCUT2D eigenvalue weighted by Gasteiger charge is -2.29. The fraction of sp³-hybridized carbons (Fsp3) is 0.765. The van der Waals surface area contributed by atoms with Gasteiger partial charge in [-0.1, -0.05) is 18.6 Å². The average Bonchev–Trinajstić information content (AvgIpc) is 2.47. The summed E-state index contributed by atoms with van der Waals surface area (Å²) in [6, 6.07) is 0. The molecule has 2 unspecified atom stereocenters. The number of esters is 2. The lowest BCUT2D eigenvalue weighted by molar-refractivity contribution is -0.167. The van der Waals surface area contributed by atoms with Gasteiger partial charge in [0, 0.05) is 0 Å². The van der Waals surface area contributed by atoms with Crippen LogP contribution in [0.1, 0.15) is 58.8 Å². The maximum Gasteiger partial charge on any atom is 0.310 e. The molecule has 0 heterocycles. The summed E-state index contributed by atoms with van der Waals surface area (Å²) in [5.41, 5.74) is 0. The predicted octanol–water partition coefficient (Wildman–Crippen LogP) is 3.40. The minimum atomic E-state index is -0.395. The summed E-state index contributed by atoms with van der Waals surface area (Å²) < 4.78 is 10.9. The van der Waals surface area contributed by atoms with E-state index in [1.807, 2.05) is 26.0 Å². The van der Waals surface area contributed by atoms with Crippen molar-refractivity contribution in [1.82, 2.24) is 0 Å². The zero-order valence-corrected chi connectivity index (χ0v) is 13.0. The van der Waals surface area contributed by atoms with E-state index in [0.29, 0.717) is 12.8 Å². The summed E-state index contributed by atoms with van der Waals surface area (Å²) in [5, 5.41) is 0. The molecule has 2 aliphatic rings. The number of hydrogen-bond acceptors (Lipinski definition) is 4. The third-order valence-electron chi connectivity index (χ3n) is 4.22. The maximum atomic E-state index is 12.4. The minimum Gasteiger partial charge on any atom is -0.463 e. The molecule has 2 aliphatic carbocycles. The van der Waals surface area contributed by atoms with E-state index in [1.54, 1.807) is 0 Å². The molecule has 1 saturated carbocycles. The summed E-state index contributed by atoms with van der Waals surface area (Å²) in [7, 11) is 0. The molecule has 4 heteroatoms. The highest BCUT2D eigenvalue weighted by Crippen LogP contribution is 2.30. The number of hydrogen-bond donors (Lipinski definition) is 0. The smallest absolute Gasteiger partial charge is 0.310 e. The van der Waals surface area contributed by atoms with Crippen molar-refractivity contribution in [3.63, 3.8) is 0 Å². The molecule has 0 bridgehead atoms. The first-order valence-electron chi connectivity index (χ1n) is 8.14. The van der Waals surface area contributed by atoms with E-state index >= 15 is 0 Å². The number of carbonyl (C=O) groups is 2. The first-order valence-corrected chi connectivity index (χ1v) is 8.14. The van der Waals surface area contributed by atoms with Crippen LogP contribution in [0.4, 0.5) is 0 Å². The van der Waals surface area contributed by atoms with Crippen molar-refractivity contribution in [2.45, 2.75) is 71.0 Å². The Labute approximate surface area is 126 Å². The Kier molecular flexibility index (Phi) is 5.83. The molecule has 1 fully saturated rings. The molecule has 0 saturated heterocycles. The second kappa shape index (κ2) is 7.62. The molecule has 0 aromatic carbocycles. The Balaban J connectivity index is 1.95. The summed E-state index contributed by atoms with van der Waals surface area (Å²) in [6.45, 7) is 3.65. The monoisotopic (exact) mass is 294 g/mol. The van der Waals surface area contributed by atoms with Crippen LogP contribution >= 0.6 is 0 Å². The quantitative estimate of drug-likeness (QED) is 0.589. The molecule has 0 spiro atoms. The third-order valence-corrected chi connectivity index (χ3v) is 4.22. The van der Waals surface area contributed by atoms with Crippen LogP contribution in [0.5, 0.6) is 0 Å². The van der Waals surface area contributed by atoms with Gasteiger partial charge in [0.1, 0.15) is 6.10 Å². The summed E-state index contributed by atoms with van der Waals surface area (Å²) in [5.74, 6) is -1.28. The van der Waals surface area contributed by atoms with Gasteiger partial charge in [0.2, 0.25) is 0 Å². The zero-order chi connectivity index (χ0) is 15.2. The van der Waals surface area contributed by atoms with Gasteiger partial charge in [-0.05, 0) is 52.4 Å². The number of ether oxygens (including phenoxy) is 2. The summed E-state index contributed by atoms with van der Waals surface area (Å²) in [6.07, 6.45) is 10.3. The van der Waals surface area contributed by atoms with Gasteiger partial charge in [0.05, 0.1) is 17.9 Å². The fourth-order valence-corrected chi connectivity index (χ4v) is 3.09. The van der Waals surface area contributed by atoms with Crippen LogP contribution in [0, 0.1) is 11.8 Å². The molecule has 0 aromatic rings. The zero-order valence-electron chi connectivity index (χ0n) is 13.0. The van der Waals surface area contributed by atoms with E-state index in [0.717, 1.165) is 25.7 Å². The molecular weight excluding hydrogens is 268 g/mol. The second-order valence-corrected chi connectivity index (χ2v) is 6.34. The van der Waals surface area contributed by atoms with E-state index in [-0.39, 0.29) is 30.1 Å². The Morgan fingerprint density at radius 2 is 1.52 bits per heavy atom. The van der Waals surface area contributed by atoms with E-state index in [4.69, 9.17) is 9.47 Å². The first-order chi connectivity index (χ1) is 10.1. The Morgan fingerprint density at radius 1 is 0.952 bits per heavy atom. The van der Waals surface area contributed by atoms with Gasteiger partial charge >= 0.3 is 11.9 Å². The molecule has 0 aliphatic heterocycles. The van der Waals surface area contributed by atoms with Crippen LogP contribution in [0.25, 0.3) is 0 Å². The van der Waals surface area contributed by atoms with Crippen molar-refractivity contribution in [2.24, 2.45) is 11.8 Å². The molecular formula is C17H26O4. The highest BCUT2D eigenvalue weighted by molar-refractivity contribution is 5.83. The highest BCUT2D eigenvalue weighted by atomic mass is 16.6. The molecule has 2 atom stereocenters. The molecule has 2 rings (SSSR count). The largest absolute Gasteiger partial charge is 0.463 e. The predicted molar refractivity (Wildman–Crippen MR) is 79.5 cm³/mol. The lowest BCUT2D eigenvalue weighted by Crippen LogP contribution is -2.36. The Hall–Kier alpha value is -1.32. The number of allylic oxidation sites excluding steroid dienone is 2. The molecule has 118 valence electrons. The van der Waals surface area contributed by atoms with Gasteiger partial charge in [-0.25, -0.2) is 0 Å². The normalized spacial score (nSPS) is 26.6. The number of carbonyl (C=O) groups excluding carboxylic acids is 2. The lowest BCUT2D eigenvalue weighted by atomic mass is 9.83. The Morgan fingerprint density at radius 3 is 2.10 bits per heavy atom. The van der Waals surface area contributed by atoms with Crippen LogP contribution in [-0.2, 0) is 19.1 Å². The first kappa shape index (κ1) is 16.1. The van der Waals surface area contributed by atoms with E-state index in [1.165, 1.54) is 6.42 Å². The van der Waals surface area contributed by atoms with Crippen LogP contribution in [0.2, 0.25) is 0 Å². The van der Waals surface area contributed by atoms with Gasteiger partial charge < -0.3 is 9.47 Å². The summed E-state index contributed by atoms with van der Waals surface area (Å²) >= 11 is 0. The SMILES string of the molecule is CC(C)OC(=O)C1CC=CCC1C(=O)OC1CCCCC1. The molecule has 4 nitrogen and oxygen atoms in total. The maximum absolute atomic E-state index is 12.4. The highest BCUT2D eigenvalue weighted by Gasteiger charge is 2.37. The second-order valence-electron chi connectivity index (χ2n) is 6.34. The van der Waals surface area contributed by atoms with E-state index in [9.17, 15) is 9.59 Å². The minimum absolute atomic E-state index is 0.0407. The Bertz CT molecular complexity index is 394. The van der Waals surface area contributed by atoms with Crippen LogP contribution < -0.4 is 0 Å². The fourth-order valence-electron chi connectivity index (χ4n) is 3.09. The summed E-state index contributed by atoms with van der Waals surface area (Å²) in [4.78, 5) is 24.6. The van der Waals surface area contributed by atoms with Crippen molar-refractivity contribution < 1.29 is 19.1 Å². The van der Waals surface area contributed by atoms with E-state index in [2.05, 4.69) is 0 Å². The van der Waals surface area contributed by atoms with Gasteiger partial charge in [-0.2, -0.15) is 0 Å². The van der Waals surface area contributed by atoms with Crippen LogP contribution in [0.3, 0.4) is 0 Å². The van der Waals surface area contributed by atoms with Crippen LogP contribution in [-0.4, -0.2) is 24.1 Å². The van der Waals surface area contributed by atoms with Crippen LogP contribution in [0.15, 0.2) is 12.2 Å². The van der Waals surface area contributed by atoms with Gasteiger partial charge in [0.25, 0.3) is 0 Å². The van der Waals surface area contributed by atoms with Gasteiger partial charge in [-0.3, -0.25) is 9.59 Å². The molecule has 0 N–H and O–H groups in total. The molecule has 0 radical (unpaired) electrons. The van der Waals surface area contributed by atoms with Crippen molar-refractivity contribution in [3.05, 3.63) is 12.2 Å². The average molecular weight is 294 g/mol. The molecule has 0 amide bonds. The third kappa shape index (κ3) is 4.58. The standard InChI is InChI=1S/C17H26O4/c1-12(2)20-16(18)14-10-6-7-11-15(14)17(19)21-13-8-4-3-5-9-13/h6-7,12-15H,3-5,8-11H2,1-2H3. The van der Waals surface area contributed by atoms with Gasteiger partial charge in [-0.15, -0.1) is 0 Å². The molecule has 21 heavy (non-hydrogen) atoms. The molecule has 0 aromatic heterocycles. The number of rotatable bonds is 4. The van der Waals surface area contributed by atoms with Crippen molar-refractivity contribution in [3.8, 4) is 0 Å². The van der Waals surface area contributed by atoms with Crippen molar-refractivity contribution in [1.29, 1.82) is 0 Å². The van der Waals surface area contributed by atoms with Gasteiger partial charge in [0.15, 0.2) is 0 Å². The van der Waals surface area contributed by atoms with E-state index < -0.39 is 5.92 Å². The van der Waals surface area contributed by atoms with Crippen molar-refractivity contribution >= 4 is 11.9 Å². The van der Waals surface area contributed by atoms with Crippen molar-refractivity contribution in [2.75, 3.05) is 0 Å².